The minimum atomic E-state index is -0.831. The first-order chi connectivity index (χ1) is 17.5. The Morgan fingerprint density at radius 3 is 2.47 bits per heavy atom. The maximum Gasteiger partial charge on any atom is 0.335 e. The predicted molar refractivity (Wildman–Crippen MR) is 139 cm³/mol. The Morgan fingerprint density at radius 1 is 0.917 bits per heavy atom. The number of carbonyl (C=O) groups excluding carboxylic acids is 3. The number of hydrogen-bond donors (Lipinski definition) is 1. The van der Waals surface area contributed by atoms with Crippen LogP contribution in [0.3, 0.4) is 0 Å². The molecular weight excluding hydrogens is 478 g/mol. The lowest BCUT2D eigenvalue weighted by molar-refractivity contribution is -0.122. The maximum atomic E-state index is 13.1. The van der Waals surface area contributed by atoms with Gasteiger partial charge in [0.15, 0.2) is 5.75 Å². The Morgan fingerprint density at radius 2 is 1.72 bits per heavy atom. The Balaban J connectivity index is 1.48. The van der Waals surface area contributed by atoms with Crippen LogP contribution in [0.15, 0.2) is 96.4 Å². The van der Waals surface area contributed by atoms with Crippen molar-refractivity contribution in [2.75, 3.05) is 16.3 Å². The number of anilines is 2. The molecule has 180 valence electrons. The summed E-state index contributed by atoms with van der Waals surface area (Å²) >= 11 is 6.03. The number of amides is 4. The van der Waals surface area contributed by atoms with Gasteiger partial charge in [0.1, 0.15) is 5.57 Å². The molecule has 0 saturated carbocycles. The fourth-order valence-corrected chi connectivity index (χ4v) is 4.36. The maximum absolute atomic E-state index is 13.1. The van der Waals surface area contributed by atoms with E-state index < -0.39 is 17.8 Å². The standard InChI is InChI=1S/C28H22ClN3O4/c1-2-15-31-23-16-19(18-7-4-3-5-8-18)11-13-24(23)36-25(31)14-12-22-26(33)30-28(35)32(27(22)34)21-10-6-9-20(29)17-21/h3-14,16-17H,2,15H2,1H3,(H,30,33,35)/b22-12+,25-14-. The lowest BCUT2D eigenvalue weighted by Gasteiger charge is -2.26. The molecule has 2 heterocycles. The first-order valence-corrected chi connectivity index (χ1v) is 11.9. The Bertz CT molecular complexity index is 1430. The first-order valence-electron chi connectivity index (χ1n) is 11.5. The summed E-state index contributed by atoms with van der Waals surface area (Å²) in [5, 5.41) is 2.58. The zero-order valence-corrected chi connectivity index (χ0v) is 20.2. The van der Waals surface area contributed by atoms with Crippen LogP contribution in [0.2, 0.25) is 5.02 Å². The third-order valence-electron chi connectivity index (χ3n) is 5.85. The average Bonchev–Trinajstić information content (AvgIpc) is 3.21. The number of benzene rings is 3. The lowest BCUT2D eigenvalue weighted by Crippen LogP contribution is -2.54. The van der Waals surface area contributed by atoms with E-state index in [1.54, 1.807) is 24.3 Å². The highest BCUT2D eigenvalue weighted by atomic mass is 35.5. The van der Waals surface area contributed by atoms with Gasteiger partial charge in [-0.3, -0.25) is 14.9 Å². The van der Waals surface area contributed by atoms with Crippen LogP contribution >= 0.6 is 11.6 Å². The number of rotatable bonds is 5. The van der Waals surface area contributed by atoms with Crippen LogP contribution < -0.4 is 19.9 Å². The summed E-state index contributed by atoms with van der Waals surface area (Å²) in [6.07, 6.45) is 3.81. The van der Waals surface area contributed by atoms with Gasteiger partial charge >= 0.3 is 6.03 Å². The molecule has 3 aromatic carbocycles. The van der Waals surface area contributed by atoms with Crippen LogP contribution in [-0.4, -0.2) is 24.4 Å². The van der Waals surface area contributed by atoms with Gasteiger partial charge < -0.3 is 9.64 Å². The van der Waals surface area contributed by atoms with Gasteiger partial charge in [-0.2, -0.15) is 0 Å². The molecule has 5 rings (SSSR count). The molecular formula is C28H22ClN3O4. The minimum Gasteiger partial charge on any atom is -0.439 e. The van der Waals surface area contributed by atoms with Crippen molar-refractivity contribution in [2.45, 2.75) is 13.3 Å². The summed E-state index contributed by atoms with van der Waals surface area (Å²) in [6, 6.07) is 21.5. The second-order valence-electron chi connectivity index (χ2n) is 8.27. The van der Waals surface area contributed by atoms with E-state index in [0.717, 1.165) is 28.1 Å². The third kappa shape index (κ3) is 4.36. The number of nitrogens with zero attached hydrogens (tertiary/aromatic N) is 2. The number of hydrogen-bond acceptors (Lipinski definition) is 5. The normalized spacial score (nSPS) is 17.4. The van der Waals surface area contributed by atoms with Crippen LogP contribution in [0.1, 0.15) is 13.3 Å². The van der Waals surface area contributed by atoms with Crippen molar-refractivity contribution >= 4 is 40.8 Å². The third-order valence-corrected chi connectivity index (χ3v) is 6.08. The van der Waals surface area contributed by atoms with Crippen molar-refractivity contribution in [3.05, 3.63) is 101 Å². The molecule has 2 aliphatic rings. The van der Waals surface area contributed by atoms with E-state index in [2.05, 4.69) is 18.3 Å². The number of barbiturate groups is 1. The monoisotopic (exact) mass is 499 g/mol. The van der Waals surface area contributed by atoms with Crippen molar-refractivity contribution in [3.63, 3.8) is 0 Å². The molecule has 8 heteroatoms. The molecule has 0 aliphatic carbocycles. The number of nitrogens with one attached hydrogen (secondary N) is 1. The van der Waals surface area contributed by atoms with E-state index in [-0.39, 0.29) is 11.3 Å². The molecule has 2 aliphatic heterocycles. The summed E-state index contributed by atoms with van der Waals surface area (Å²) in [4.78, 5) is 41.0. The fraction of sp³-hybridized carbons (Fsp3) is 0.107. The van der Waals surface area contributed by atoms with Crippen molar-refractivity contribution in [1.82, 2.24) is 5.32 Å². The summed E-state index contributed by atoms with van der Waals surface area (Å²) in [6.45, 7) is 2.73. The van der Waals surface area contributed by atoms with Gasteiger partial charge in [0.2, 0.25) is 5.88 Å². The molecule has 0 bridgehead atoms. The summed E-state index contributed by atoms with van der Waals surface area (Å²) < 4.78 is 6.07. The van der Waals surface area contributed by atoms with Gasteiger partial charge in [0, 0.05) is 11.6 Å². The second-order valence-corrected chi connectivity index (χ2v) is 8.70. The van der Waals surface area contributed by atoms with Crippen LogP contribution in [0.25, 0.3) is 11.1 Å². The Kier molecular flexibility index (Phi) is 6.31. The smallest absolute Gasteiger partial charge is 0.335 e. The predicted octanol–water partition coefficient (Wildman–Crippen LogP) is 5.67. The van der Waals surface area contributed by atoms with Gasteiger partial charge in [0.05, 0.1) is 11.4 Å². The largest absolute Gasteiger partial charge is 0.439 e. The summed E-state index contributed by atoms with van der Waals surface area (Å²) in [5.41, 5.74) is 3.12. The van der Waals surface area contributed by atoms with E-state index in [9.17, 15) is 14.4 Å². The molecule has 7 nitrogen and oxygen atoms in total. The number of allylic oxidation sites excluding steroid dienone is 2. The highest BCUT2D eigenvalue weighted by Gasteiger charge is 2.37. The number of halogens is 1. The fourth-order valence-electron chi connectivity index (χ4n) is 4.17. The molecule has 3 aromatic rings. The van der Waals surface area contributed by atoms with Crippen LogP contribution in [0, 0.1) is 0 Å². The zero-order chi connectivity index (χ0) is 25.2. The van der Waals surface area contributed by atoms with Gasteiger partial charge in [-0.15, -0.1) is 0 Å². The molecule has 1 fully saturated rings. The lowest BCUT2D eigenvalue weighted by atomic mass is 10.0. The quantitative estimate of drug-likeness (QED) is 0.361. The van der Waals surface area contributed by atoms with E-state index in [4.69, 9.17) is 16.3 Å². The highest BCUT2D eigenvalue weighted by molar-refractivity contribution is 6.38. The number of urea groups is 1. The molecule has 0 unspecified atom stereocenters. The van der Waals surface area contributed by atoms with Gasteiger partial charge in [-0.1, -0.05) is 61.0 Å². The van der Waals surface area contributed by atoms with E-state index in [0.29, 0.717) is 23.2 Å². The molecule has 4 amide bonds. The number of ether oxygens (including phenoxy) is 1. The van der Waals surface area contributed by atoms with Crippen molar-refractivity contribution in [2.24, 2.45) is 0 Å². The molecule has 0 aromatic heterocycles. The molecule has 1 saturated heterocycles. The minimum absolute atomic E-state index is 0.192. The van der Waals surface area contributed by atoms with E-state index in [1.165, 1.54) is 12.1 Å². The summed E-state index contributed by atoms with van der Waals surface area (Å²) in [5.74, 6) is -0.352. The molecule has 0 radical (unpaired) electrons. The van der Waals surface area contributed by atoms with E-state index >= 15 is 0 Å². The number of imide groups is 2. The van der Waals surface area contributed by atoms with Gasteiger partial charge in [0.25, 0.3) is 11.8 Å². The van der Waals surface area contributed by atoms with Crippen LogP contribution in [-0.2, 0) is 9.59 Å². The Hall–Kier alpha value is -4.36. The molecule has 1 N–H and O–H groups in total. The highest BCUT2D eigenvalue weighted by Crippen LogP contribution is 2.41. The zero-order valence-electron chi connectivity index (χ0n) is 19.4. The van der Waals surface area contributed by atoms with Crippen molar-refractivity contribution in [3.8, 4) is 16.9 Å². The molecule has 36 heavy (non-hydrogen) atoms. The first kappa shape index (κ1) is 23.4. The number of fused-ring (bicyclic) bond motifs is 1. The van der Waals surface area contributed by atoms with Crippen molar-refractivity contribution < 1.29 is 19.1 Å². The van der Waals surface area contributed by atoms with Gasteiger partial charge in [-0.05, 0) is 60.0 Å². The van der Waals surface area contributed by atoms with Crippen LogP contribution in [0.5, 0.6) is 5.75 Å². The van der Waals surface area contributed by atoms with Crippen LogP contribution in [0.4, 0.5) is 16.2 Å². The summed E-state index contributed by atoms with van der Waals surface area (Å²) in [7, 11) is 0. The molecule has 0 spiro atoms. The Labute approximate surface area is 213 Å². The topological polar surface area (TPSA) is 79.0 Å². The molecule has 0 atom stereocenters. The second kappa shape index (κ2) is 9.71. The number of carbonyl (C=O) groups is 3. The average molecular weight is 500 g/mol. The SMILES string of the molecule is CCCN1/C(=C/C=C2\C(=O)NC(=O)N(c3cccc(Cl)c3)C2=O)Oc2ccc(-c3ccccc3)cc21. The van der Waals surface area contributed by atoms with Crippen molar-refractivity contribution in [1.29, 1.82) is 0 Å². The van der Waals surface area contributed by atoms with E-state index in [1.807, 2.05) is 47.4 Å². The van der Waals surface area contributed by atoms with Gasteiger partial charge in [-0.25, -0.2) is 9.69 Å².